The maximum atomic E-state index is 12.5. The standard InChI is InChI=1S/C24H25N5O3.C2HF3O2/c1-3-22(30)26-17-6-9-19-20(14-17)21(24(32)27-23(19)31)15-25-16-4-7-18(8-5-16)29-12-10-28(2)11-13-29;3-2(4,5)1(6)7/h3-9,14-15,25H,1,10-13H2,2H3,(H,26,30)(H,27,31,32);(H,6,7). The van der Waals surface area contributed by atoms with Gasteiger partial charge in [-0.2, -0.15) is 13.2 Å². The minimum absolute atomic E-state index is 0.303. The lowest BCUT2D eigenvalue weighted by Gasteiger charge is -2.34. The SMILES string of the molecule is C=CC(=O)Nc1ccc2c(c1)C(=CNc1ccc(N3CCN(C)CC3)cc1)C(=O)NC2=O.O=C(O)C(F)(F)F. The summed E-state index contributed by atoms with van der Waals surface area (Å²) in [5, 5.41) is 15.3. The van der Waals surface area contributed by atoms with Gasteiger partial charge in [-0.25, -0.2) is 4.79 Å². The first-order chi connectivity index (χ1) is 18.4. The Morgan fingerprint density at radius 3 is 2.13 bits per heavy atom. The number of piperazine rings is 1. The van der Waals surface area contributed by atoms with Crippen molar-refractivity contribution in [3.05, 3.63) is 72.4 Å². The van der Waals surface area contributed by atoms with Crippen LogP contribution in [0, 0.1) is 0 Å². The van der Waals surface area contributed by atoms with E-state index in [4.69, 9.17) is 9.90 Å². The van der Waals surface area contributed by atoms with Crippen molar-refractivity contribution in [2.45, 2.75) is 6.18 Å². The summed E-state index contributed by atoms with van der Waals surface area (Å²) in [7, 11) is 2.13. The van der Waals surface area contributed by atoms with E-state index in [0.29, 0.717) is 22.4 Å². The number of halogens is 3. The summed E-state index contributed by atoms with van der Waals surface area (Å²) < 4.78 is 31.7. The first-order valence-electron chi connectivity index (χ1n) is 11.6. The van der Waals surface area contributed by atoms with Gasteiger partial charge in [0.25, 0.3) is 11.8 Å². The number of carboxylic acid groups (broad SMARTS) is 1. The fourth-order valence-corrected chi connectivity index (χ4v) is 3.73. The Hall–Kier alpha value is -4.65. The summed E-state index contributed by atoms with van der Waals surface area (Å²) in [4.78, 5) is 49.9. The average molecular weight is 546 g/mol. The van der Waals surface area contributed by atoms with E-state index in [-0.39, 0.29) is 5.91 Å². The molecule has 1 fully saturated rings. The maximum absolute atomic E-state index is 12.5. The number of hydrogen-bond donors (Lipinski definition) is 4. The van der Waals surface area contributed by atoms with Gasteiger partial charge in [0.15, 0.2) is 0 Å². The normalized spacial score (nSPS) is 16.4. The lowest BCUT2D eigenvalue weighted by molar-refractivity contribution is -0.192. The van der Waals surface area contributed by atoms with Crippen molar-refractivity contribution >= 4 is 46.3 Å². The van der Waals surface area contributed by atoms with Crippen LogP contribution in [0.5, 0.6) is 0 Å². The van der Waals surface area contributed by atoms with Crippen LogP contribution in [0.3, 0.4) is 0 Å². The van der Waals surface area contributed by atoms with Gasteiger partial charge in [-0.1, -0.05) is 6.58 Å². The number of fused-ring (bicyclic) bond motifs is 1. The summed E-state index contributed by atoms with van der Waals surface area (Å²) in [6.45, 7) is 7.48. The Balaban J connectivity index is 0.000000532. The molecule has 0 aromatic heterocycles. The van der Waals surface area contributed by atoms with Crippen LogP contribution in [-0.2, 0) is 14.4 Å². The molecule has 2 aromatic carbocycles. The third-order valence-electron chi connectivity index (χ3n) is 5.84. The van der Waals surface area contributed by atoms with Crippen molar-refractivity contribution in [3.63, 3.8) is 0 Å². The van der Waals surface area contributed by atoms with Gasteiger partial charge in [-0.3, -0.25) is 19.7 Å². The molecule has 0 unspecified atom stereocenters. The van der Waals surface area contributed by atoms with Crippen LogP contribution in [0.1, 0.15) is 15.9 Å². The summed E-state index contributed by atoms with van der Waals surface area (Å²) >= 11 is 0. The number of likely N-dealkylation sites (N-methyl/N-ethyl adjacent to an activating group) is 1. The molecule has 2 heterocycles. The van der Waals surface area contributed by atoms with Gasteiger partial charge in [-0.05, 0) is 55.6 Å². The van der Waals surface area contributed by atoms with Gasteiger partial charge < -0.3 is 25.5 Å². The van der Waals surface area contributed by atoms with Gasteiger partial charge in [0, 0.05) is 60.6 Å². The maximum Gasteiger partial charge on any atom is 0.490 e. The van der Waals surface area contributed by atoms with E-state index >= 15 is 0 Å². The zero-order chi connectivity index (χ0) is 28.7. The van der Waals surface area contributed by atoms with Crippen LogP contribution in [0.4, 0.5) is 30.2 Å². The number of amides is 3. The number of nitrogens with one attached hydrogen (secondary N) is 3. The lowest BCUT2D eigenvalue weighted by Crippen LogP contribution is -2.44. The molecule has 2 aromatic rings. The predicted octanol–water partition coefficient (Wildman–Crippen LogP) is 2.92. The Morgan fingerprint density at radius 1 is 0.974 bits per heavy atom. The fraction of sp³-hybridized carbons (Fsp3) is 0.231. The Morgan fingerprint density at radius 2 is 1.56 bits per heavy atom. The van der Waals surface area contributed by atoms with E-state index < -0.39 is 24.0 Å². The molecule has 206 valence electrons. The van der Waals surface area contributed by atoms with Gasteiger partial charge in [0.1, 0.15) is 0 Å². The Labute approximate surface area is 221 Å². The van der Waals surface area contributed by atoms with Crippen molar-refractivity contribution in [2.24, 2.45) is 0 Å². The third-order valence-corrected chi connectivity index (χ3v) is 5.84. The van der Waals surface area contributed by atoms with E-state index in [1.165, 1.54) is 0 Å². The smallest absolute Gasteiger partial charge is 0.475 e. The van der Waals surface area contributed by atoms with Gasteiger partial charge in [-0.15, -0.1) is 0 Å². The number of rotatable bonds is 5. The van der Waals surface area contributed by atoms with Crippen molar-refractivity contribution in [1.82, 2.24) is 10.2 Å². The van der Waals surface area contributed by atoms with Crippen LogP contribution in [0.2, 0.25) is 0 Å². The quantitative estimate of drug-likeness (QED) is 0.333. The second kappa shape index (κ2) is 12.3. The summed E-state index contributed by atoms with van der Waals surface area (Å²) in [6, 6.07) is 12.8. The van der Waals surface area contributed by atoms with E-state index in [1.54, 1.807) is 24.4 Å². The number of carbonyl (C=O) groups is 4. The second-order valence-electron chi connectivity index (χ2n) is 8.58. The molecule has 2 aliphatic heterocycles. The molecule has 0 atom stereocenters. The van der Waals surface area contributed by atoms with E-state index in [9.17, 15) is 27.6 Å². The zero-order valence-corrected chi connectivity index (χ0v) is 20.8. The molecule has 0 aliphatic carbocycles. The summed E-state index contributed by atoms with van der Waals surface area (Å²) in [6.07, 6.45) is -2.36. The van der Waals surface area contributed by atoms with Crippen molar-refractivity contribution in [1.29, 1.82) is 0 Å². The molecule has 2 aliphatic rings. The number of anilines is 3. The van der Waals surface area contributed by atoms with Crippen LogP contribution < -0.4 is 20.9 Å². The predicted molar refractivity (Wildman–Crippen MR) is 139 cm³/mol. The highest BCUT2D eigenvalue weighted by molar-refractivity contribution is 6.31. The van der Waals surface area contributed by atoms with Gasteiger partial charge in [0.05, 0.1) is 5.57 Å². The van der Waals surface area contributed by atoms with Crippen LogP contribution >= 0.6 is 0 Å². The van der Waals surface area contributed by atoms with Gasteiger partial charge in [0.2, 0.25) is 5.91 Å². The molecular formula is C26H26F3N5O5. The molecule has 1 saturated heterocycles. The topological polar surface area (TPSA) is 131 Å². The number of hydrogen-bond acceptors (Lipinski definition) is 7. The minimum atomic E-state index is -5.08. The number of imide groups is 1. The second-order valence-corrected chi connectivity index (χ2v) is 8.58. The molecule has 0 radical (unpaired) electrons. The molecule has 0 spiro atoms. The lowest BCUT2D eigenvalue weighted by atomic mass is 9.95. The summed E-state index contributed by atoms with van der Waals surface area (Å²) in [5.74, 6) is -4.11. The average Bonchev–Trinajstić information content (AvgIpc) is 2.89. The monoisotopic (exact) mass is 545 g/mol. The highest BCUT2D eigenvalue weighted by Crippen LogP contribution is 2.28. The number of nitrogens with zero attached hydrogens (tertiary/aromatic N) is 2. The molecular weight excluding hydrogens is 519 g/mol. The number of carbonyl (C=O) groups excluding carboxylic acids is 3. The fourth-order valence-electron chi connectivity index (χ4n) is 3.73. The van der Waals surface area contributed by atoms with E-state index in [0.717, 1.165) is 43.6 Å². The molecule has 10 nitrogen and oxygen atoms in total. The minimum Gasteiger partial charge on any atom is -0.475 e. The number of alkyl halides is 3. The number of benzene rings is 2. The van der Waals surface area contributed by atoms with Crippen molar-refractivity contribution < 1.29 is 37.5 Å². The molecule has 4 rings (SSSR count). The number of aliphatic carboxylic acids is 1. The zero-order valence-electron chi connectivity index (χ0n) is 20.8. The molecule has 39 heavy (non-hydrogen) atoms. The highest BCUT2D eigenvalue weighted by atomic mass is 19.4. The molecule has 0 saturated carbocycles. The van der Waals surface area contributed by atoms with E-state index in [1.807, 2.05) is 24.3 Å². The van der Waals surface area contributed by atoms with Crippen molar-refractivity contribution in [3.8, 4) is 0 Å². The largest absolute Gasteiger partial charge is 0.490 e. The molecule has 3 amide bonds. The van der Waals surface area contributed by atoms with Crippen LogP contribution in [0.25, 0.3) is 5.57 Å². The summed E-state index contributed by atoms with van der Waals surface area (Å²) in [5.41, 5.74) is 3.56. The first-order valence-corrected chi connectivity index (χ1v) is 11.6. The Bertz CT molecular complexity index is 1300. The van der Waals surface area contributed by atoms with E-state index in [2.05, 4.69) is 39.4 Å². The Kier molecular flexibility index (Phi) is 9.09. The highest BCUT2D eigenvalue weighted by Gasteiger charge is 2.38. The van der Waals surface area contributed by atoms with Crippen molar-refractivity contribution in [2.75, 3.05) is 48.8 Å². The van der Waals surface area contributed by atoms with Crippen LogP contribution in [-0.4, -0.2) is 73.1 Å². The third kappa shape index (κ3) is 7.68. The molecule has 13 heteroatoms. The molecule has 4 N–H and O–H groups in total. The van der Waals surface area contributed by atoms with Gasteiger partial charge >= 0.3 is 12.1 Å². The number of carboxylic acids is 1. The first kappa shape index (κ1) is 28.9. The van der Waals surface area contributed by atoms with Crippen LogP contribution in [0.15, 0.2) is 61.3 Å². The molecule has 0 bridgehead atoms.